The van der Waals surface area contributed by atoms with Gasteiger partial charge in [0.1, 0.15) is 11.2 Å². The van der Waals surface area contributed by atoms with Gasteiger partial charge in [0.25, 0.3) is 0 Å². The standard InChI is InChI=1S/C23H11Cl2F5N4O3/c24-14-6-3-7-31-19(14)34-15(9-16(33-34)36-10-22(26,27)23(28,29)30)20-32-18-13(21(35)37-20)8-11-4-1-2-5-12(11)17(18)25/h1-9H,10H2. The van der Waals surface area contributed by atoms with Gasteiger partial charge in [-0.15, -0.1) is 5.10 Å². The van der Waals surface area contributed by atoms with Crippen LogP contribution in [0.2, 0.25) is 10.0 Å². The summed E-state index contributed by atoms with van der Waals surface area (Å²) in [4.78, 5) is 21.2. The van der Waals surface area contributed by atoms with Crippen LogP contribution in [0, 0.1) is 0 Å². The molecule has 0 amide bonds. The number of hydrogen-bond acceptors (Lipinski definition) is 6. The first kappa shape index (κ1) is 24.9. The zero-order chi connectivity index (χ0) is 26.5. The SMILES string of the molecule is O=c1oc(-c2cc(OCC(F)(F)C(F)(F)F)nn2-c2ncccc2Cl)nc2c(Cl)c3ccccc3cc12. The van der Waals surface area contributed by atoms with Crippen LogP contribution in [0.4, 0.5) is 22.0 Å². The second-order valence-corrected chi connectivity index (χ2v) is 8.48. The van der Waals surface area contributed by atoms with Crippen LogP contribution in [0.15, 0.2) is 63.9 Å². The van der Waals surface area contributed by atoms with E-state index in [1.54, 1.807) is 30.3 Å². The van der Waals surface area contributed by atoms with Crippen molar-refractivity contribution < 1.29 is 31.1 Å². The number of pyridine rings is 1. The molecule has 7 nitrogen and oxygen atoms in total. The van der Waals surface area contributed by atoms with Crippen molar-refractivity contribution in [2.45, 2.75) is 12.1 Å². The molecule has 0 bridgehead atoms. The van der Waals surface area contributed by atoms with Crippen molar-refractivity contribution in [3.8, 4) is 23.3 Å². The van der Waals surface area contributed by atoms with Crippen molar-refractivity contribution in [2.75, 3.05) is 6.61 Å². The molecule has 14 heteroatoms. The molecule has 0 radical (unpaired) electrons. The number of alkyl halides is 5. The lowest BCUT2D eigenvalue weighted by atomic mass is 10.1. The average molecular weight is 557 g/mol. The lowest BCUT2D eigenvalue weighted by molar-refractivity contribution is -0.290. The fourth-order valence-corrected chi connectivity index (χ4v) is 3.98. The molecule has 3 aromatic heterocycles. The largest absolute Gasteiger partial charge is 0.470 e. The van der Waals surface area contributed by atoms with E-state index >= 15 is 0 Å². The van der Waals surface area contributed by atoms with E-state index in [1.165, 1.54) is 18.3 Å². The van der Waals surface area contributed by atoms with Gasteiger partial charge in [0.2, 0.25) is 11.8 Å². The van der Waals surface area contributed by atoms with Crippen LogP contribution in [0.3, 0.4) is 0 Å². The average Bonchev–Trinajstić information content (AvgIpc) is 3.27. The number of ether oxygens (including phenoxy) is 1. The number of rotatable bonds is 5. The predicted molar refractivity (Wildman–Crippen MR) is 125 cm³/mol. The van der Waals surface area contributed by atoms with E-state index in [0.29, 0.717) is 10.8 Å². The molecule has 0 fully saturated rings. The van der Waals surface area contributed by atoms with Gasteiger partial charge >= 0.3 is 17.7 Å². The molecule has 190 valence electrons. The molecule has 0 atom stereocenters. The van der Waals surface area contributed by atoms with Gasteiger partial charge in [-0.25, -0.2) is 19.4 Å². The molecular formula is C23H11Cl2F5N4O3. The minimum absolute atomic E-state index is 0.0335. The van der Waals surface area contributed by atoms with Gasteiger partial charge in [-0.1, -0.05) is 47.5 Å². The van der Waals surface area contributed by atoms with Gasteiger partial charge in [-0.3, -0.25) is 0 Å². The fraction of sp³-hybridized carbons (Fsp3) is 0.130. The molecule has 0 spiro atoms. The Hall–Kier alpha value is -3.77. The number of hydrogen-bond donors (Lipinski definition) is 0. The molecule has 0 unspecified atom stereocenters. The molecule has 2 aromatic carbocycles. The third-order valence-electron chi connectivity index (χ3n) is 5.24. The van der Waals surface area contributed by atoms with E-state index in [2.05, 4.69) is 19.8 Å². The summed E-state index contributed by atoms with van der Waals surface area (Å²) >= 11 is 12.7. The first-order valence-corrected chi connectivity index (χ1v) is 11.0. The molecule has 0 saturated heterocycles. The van der Waals surface area contributed by atoms with Gasteiger partial charge in [-0.05, 0) is 23.6 Å². The summed E-state index contributed by atoms with van der Waals surface area (Å²) < 4.78 is 75.6. The van der Waals surface area contributed by atoms with E-state index in [1.807, 2.05) is 0 Å². The van der Waals surface area contributed by atoms with Crippen molar-refractivity contribution in [1.82, 2.24) is 19.7 Å². The Morgan fingerprint density at radius 2 is 1.76 bits per heavy atom. The molecule has 0 N–H and O–H groups in total. The van der Waals surface area contributed by atoms with Crippen LogP contribution in [0.1, 0.15) is 0 Å². The third kappa shape index (κ3) is 4.46. The lowest BCUT2D eigenvalue weighted by Crippen LogP contribution is -2.41. The van der Waals surface area contributed by atoms with Crippen molar-refractivity contribution in [1.29, 1.82) is 0 Å². The molecular weight excluding hydrogens is 546 g/mol. The Labute approximate surface area is 213 Å². The normalized spacial score (nSPS) is 12.4. The third-order valence-corrected chi connectivity index (χ3v) is 5.92. The van der Waals surface area contributed by atoms with Crippen LogP contribution in [-0.2, 0) is 0 Å². The van der Waals surface area contributed by atoms with E-state index < -0.39 is 30.2 Å². The van der Waals surface area contributed by atoms with Crippen molar-refractivity contribution in [3.63, 3.8) is 0 Å². The maximum atomic E-state index is 13.4. The summed E-state index contributed by atoms with van der Waals surface area (Å²) in [6, 6.07) is 12.4. The van der Waals surface area contributed by atoms with Crippen molar-refractivity contribution >= 4 is 44.9 Å². The van der Waals surface area contributed by atoms with E-state index in [4.69, 9.17) is 27.6 Å². The molecule has 5 aromatic rings. The molecule has 0 saturated carbocycles. The van der Waals surface area contributed by atoms with Crippen LogP contribution >= 0.6 is 23.2 Å². The summed E-state index contributed by atoms with van der Waals surface area (Å²) in [7, 11) is 0. The maximum absolute atomic E-state index is 13.4. The summed E-state index contributed by atoms with van der Waals surface area (Å²) in [6.07, 6.45) is -4.51. The summed E-state index contributed by atoms with van der Waals surface area (Å²) in [5.74, 6) is -6.26. The monoisotopic (exact) mass is 556 g/mol. The second-order valence-electron chi connectivity index (χ2n) is 7.69. The minimum atomic E-state index is -5.84. The lowest BCUT2D eigenvalue weighted by Gasteiger charge is -2.18. The van der Waals surface area contributed by atoms with E-state index in [-0.39, 0.29) is 38.4 Å². The topological polar surface area (TPSA) is 83.0 Å². The van der Waals surface area contributed by atoms with E-state index in [9.17, 15) is 26.7 Å². The summed E-state index contributed by atoms with van der Waals surface area (Å²) in [5.41, 5.74) is -0.940. The first-order valence-electron chi connectivity index (χ1n) is 10.3. The fourth-order valence-electron chi connectivity index (χ4n) is 3.46. The van der Waals surface area contributed by atoms with Gasteiger partial charge in [0.05, 0.1) is 15.4 Å². The molecule has 0 aliphatic heterocycles. The highest BCUT2D eigenvalue weighted by Crippen LogP contribution is 2.37. The summed E-state index contributed by atoms with van der Waals surface area (Å²) in [5, 5.41) is 5.40. The molecule has 37 heavy (non-hydrogen) atoms. The molecule has 0 aliphatic rings. The van der Waals surface area contributed by atoms with Gasteiger partial charge in [0, 0.05) is 17.6 Å². The molecule has 3 heterocycles. The smallest absolute Gasteiger partial charge is 0.456 e. The van der Waals surface area contributed by atoms with Gasteiger partial charge in [-0.2, -0.15) is 22.0 Å². The van der Waals surface area contributed by atoms with E-state index in [0.717, 1.165) is 10.7 Å². The molecule has 0 aliphatic carbocycles. The maximum Gasteiger partial charge on any atom is 0.456 e. The van der Waals surface area contributed by atoms with Crippen molar-refractivity contribution in [2.24, 2.45) is 0 Å². The number of halogens is 7. The Morgan fingerprint density at radius 3 is 2.49 bits per heavy atom. The Morgan fingerprint density at radius 1 is 1.00 bits per heavy atom. The van der Waals surface area contributed by atoms with Gasteiger partial charge in [0.15, 0.2) is 12.4 Å². The zero-order valence-electron chi connectivity index (χ0n) is 18.1. The van der Waals surface area contributed by atoms with Gasteiger partial charge < -0.3 is 9.15 Å². The van der Waals surface area contributed by atoms with Crippen LogP contribution < -0.4 is 10.4 Å². The second kappa shape index (κ2) is 8.96. The first-order chi connectivity index (χ1) is 17.5. The number of nitrogens with zero attached hydrogens (tertiary/aromatic N) is 4. The van der Waals surface area contributed by atoms with Crippen LogP contribution in [0.25, 0.3) is 39.1 Å². The quantitative estimate of drug-likeness (QED) is 0.182. The Balaban J connectivity index is 1.68. The number of fused-ring (bicyclic) bond motifs is 2. The minimum Gasteiger partial charge on any atom is -0.470 e. The highest BCUT2D eigenvalue weighted by atomic mass is 35.5. The van der Waals surface area contributed by atoms with Crippen LogP contribution in [0.5, 0.6) is 5.88 Å². The van der Waals surface area contributed by atoms with Crippen molar-refractivity contribution in [3.05, 3.63) is 75.2 Å². The highest BCUT2D eigenvalue weighted by molar-refractivity contribution is 6.40. The Bertz CT molecular complexity index is 1720. The predicted octanol–water partition coefficient (Wildman–Crippen LogP) is 6.47. The number of aromatic nitrogens is 4. The Kier molecular flexibility index (Phi) is 6.03. The zero-order valence-corrected chi connectivity index (χ0v) is 19.6. The number of benzene rings is 2. The highest BCUT2D eigenvalue weighted by Gasteiger charge is 2.58. The molecule has 5 rings (SSSR count). The summed E-state index contributed by atoms with van der Waals surface area (Å²) in [6.45, 7) is -2.05. The van der Waals surface area contributed by atoms with Crippen LogP contribution in [-0.4, -0.2) is 38.5 Å².